The van der Waals surface area contributed by atoms with Crippen molar-refractivity contribution >= 4 is 27.5 Å². The molecule has 0 amide bonds. The minimum absolute atomic E-state index is 0.609. The highest BCUT2D eigenvalue weighted by atomic mass is 79.9. The van der Waals surface area contributed by atoms with E-state index in [0.717, 1.165) is 16.6 Å². The van der Waals surface area contributed by atoms with Gasteiger partial charge < -0.3 is 10.1 Å². The fourth-order valence-corrected chi connectivity index (χ4v) is 2.21. The molecule has 0 aliphatic carbocycles. The molecule has 1 rings (SSSR count). The summed E-state index contributed by atoms with van der Waals surface area (Å²) in [4.78, 5) is 0. The van der Waals surface area contributed by atoms with E-state index in [1.165, 1.54) is 0 Å². The van der Waals surface area contributed by atoms with E-state index in [2.05, 4.69) is 21.2 Å². The van der Waals surface area contributed by atoms with E-state index >= 15 is 0 Å². The molecule has 0 radical (unpaired) electrons. The number of aryl methyl sites for hydroxylation is 1. The molecule has 4 heteroatoms. The third kappa shape index (κ3) is 3.15. The lowest BCUT2D eigenvalue weighted by atomic mass is 10.2. The largest absolute Gasteiger partial charge is 0.490 e. The van der Waals surface area contributed by atoms with Crippen molar-refractivity contribution in [1.82, 2.24) is 5.32 Å². The normalized spacial score (nSPS) is 10.3. The first-order valence-corrected chi connectivity index (χ1v) is 5.55. The lowest BCUT2D eigenvalue weighted by Crippen LogP contribution is -2.16. The lowest BCUT2D eigenvalue weighted by molar-refractivity contribution is 0.316. The highest BCUT2D eigenvalue weighted by Gasteiger charge is 2.07. The Morgan fingerprint density at radius 3 is 2.79 bits per heavy atom. The average Bonchev–Trinajstić information content (AvgIpc) is 2.09. The second kappa shape index (κ2) is 5.59. The predicted molar refractivity (Wildman–Crippen MR) is 63.3 cm³/mol. The third-order valence-corrected chi connectivity index (χ3v) is 2.61. The van der Waals surface area contributed by atoms with Gasteiger partial charge in [-0.05, 0) is 47.6 Å². The van der Waals surface area contributed by atoms with Gasteiger partial charge in [0.25, 0.3) is 0 Å². The summed E-state index contributed by atoms with van der Waals surface area (Å²) >= 11 is 9.46. The first kappa shape index (κ1) is 11.8. The Kier molecular flexibility index (Phi) is 4.72. The van der Waals surface area contributed by atoms with Gasteiger partial charge in [-0.2, -0.15) is 0 Å². The van der Waals surface area contributed by atoms with E-state index in [9.17, 15) is 0 Å². The number of nitrogens with one attached hydrogen (secondary N) is 1. The standard InChI is InChI=1S/C10H13BrClNO/c1-7-5-8(11)10(9(12)6-7)14-4-3-13-2/h5-6,13H,3-4H2,1-2H3. The van der Waals surface area contributed by atoms with E-state index in [0.29, 0.717) is 17.4 Å². The minimum Gasteiger partial charge on any atom is -0.490 e. The number of benzene rings is 1. The van der Waals surface area contributed by atoms with Gasteiger partial charge >= 0.3 is 0 Å². The van der Waals surface area contributed by atoms with Gasteiger partial charge in [-0.3, -0.25) is 0 Å². The van der Waals surface area contributed by atoms with E-state index in [1.54, 1.807) is 0 Å². The fourth-order valence-electron chi connectivity index (χ4n) is 1.08. The van der Waals surface area contributed by atoms with Gasteiger partial charge in [-0.15, -0.1) is 0 Å². The second-order valence-electron chi connectivity index (χ2n) is 3.01. The molecule has 1 N–H and O–H groups in total. The first-order chi connectivity index (χ1) is 6.65. The van der Waals surface area contributed by atoms with Crippen LogP contribution in [0.5, 0.6) is 5.75 Å². The summed E-state index contributed by atoms with van der Waals surface area (Å²) in [5.41, 5.74) is 1.11. The summed E-state index contributed by atoms with van der Waals surface area (Å²) in [7, 11) is 1.88. The van der Waals surface area contributed by atoms with Crippen LogP contribution in [0.15, 0.2) is 16.6 Å². The summed E-state index contributed by atoms with van der Waals surface area (Å²) < 4.78 is 6.42. The zero-order valence-corrected chi connectivity index (χ0v) is 10.6. The summed E-state index contributed by atoms with van der Waals surface area (Å²) in [5, 5.41) is 3.65. The van der Waals surface area contributed by atoms with Gasteiger partial charge in [0.1, 0.15) is 6.61 Å². The van der Waals surface area contributed by atoms with E-state index in [4.69, 9.17) is 16.3 Å². The highest BCUT2D eigenvalue weighted by molar-refractivity contribution is 9.10. The van der Waals surface area contributed by atoms with Crippen LogP contribution < -0.4 is 10.1 Å². The molecule has 1 aromatic rings. The van der Waals surface area contributed by atoms with Crippen molar-refractivity contribution in [2.75, 3.05) is 20.2 Å². The molecule has 0 aliphatic heterocycles. The number of ether oxygens (including phenoxy) is 1. The molecule has 1 aromatic carbocycles. The lowest BCUT2D eigenvalue weighted by Gasteiger charge is -2.10. The quantitative estimate of drug-likeness (QED) is 0.855. The van der Waals surface area contributed by atoms with Crippen LogP contribution in [0.4, 0.5) is 0 Å². The molecule has 0 bridgehead atoms. The molecule has 2 nitrogen and oxygen atoms in total. The van der Waals surface area contributed by atoms with Gasteiger partial charge in [0.15, 0.2) is 5.75 Å². The number of hydrogen-bond acceptors (Lipinski definition) is 2. The minimum atomic E-state index is 0.609. The summed E-state index contributed by atoms with van der Waals surface area (Å²) in [6, 6.07) is 3.88. The summed E-state index contributed by atoms with van der Waals surface area (Å²) in [5.74, 6) is 0.715. The molecule has 0 aliphatic rings. The second-order valence-corrected chi connectivity index (χ2v) is 4.27. The Morgan fingerprint density at radius 2 is 2.21 bits per heavy atom. The average molecular weight is 279 g/mol. The van der Waals surface area contributed by atoms with Crippen molar-refractivity contribution in [2.24, 2.45) is 0 Å². The predicted octanol–water partition coefficient (Wildman–Crippen LogP) is 3.01. The maximum Gasteiger partial charge on any atom is 0.152 e. The molecule has 0 unspecified atom stereocenters. The first-order valence-electron chi connectivity index (χ1n) is 4.38. The van der Waals surface area contributed by atoms with Crippen molar-refractivity contribution in [2.45, 2.75) is 6.92 Å². The van der Waals surface area contributed by atoms with E-state index in [-0.39, 0.29) is 0 Å². The molecule has 0 fully saturated rings. The van der Waals surface area contributed by atoms with Crippen LogP contribution in [-0.4, -0.2) is 20.2 Å². The monoisotopic (exact) mass is 277 g/mol. The zero-order valence-electron chi connectivity index (χ0n) is 8.23. The molecule has 0 aromatic heterocycles. The Morgan fingerprint density at radius 1 is 1.50 bits per heavy atom. The zero-order chi connectivity index (χ0) is 10.6. The fraction of sp³-hybridized carbons (Fsp3) is 0.400. The molecular formula is C10H13BrClNO. The number of likely N-dealkylation sites (N-methyl/N-ethyl adjacent to an activating group) is 1. The van der Waals surface area contributed by atoms with Gasteiger partial charge in [0.05, 0.1) is 9.50 Å². The van der Waals surface area contributed by atoms with Crippen LogP contribution in [0.25, 0.3) is 0 Å². The van der Waals surface area contributed by atoms with Crippen LogP contribution in [0.1, 0.15) is 5.56 Å². The van der Waals surface area contributed by atoms with Crippen molar-refractivity contribution in [1.29, 1.82) is 0 Å². The molecule has 0 heterocycles. The topological polar surface area (TPSA) is 21.3 Å². The Bertz CT molecular complexity index is 294. The third-order valence-electron chi connectivity index (χ3n) is 1.74. The van der Waals surface area contributed by atoms with Gasteiger partial charge in [0.2, 0.25) is 0 Å². The van der Waals surface area contributed by atoms with Crippen molar-refractivity contribution in [3.63, 3.8) is 0 Å². The molecule has 14 heavy (non-hydrogen) atoms. The summed E-state index contributed by atoms with van der Waals surface area (Å²) in [6.45, 7) is 3.41. The maximum absolute atomic E-state index is 6.04. The van der Waals surface area contributed by atoms with E-state index in [1.807, 2.05) is 26.1 Å². The van der Waals surface area contributed by atoms with Crippen molar-refractivity contribution in [3.05, 3.63) is 27.2 Å². The Labute approximate surface area is 97.7 Å². The molecule has 0 spiro atoms. The number of rotatable bonds is 4. The Balaban J connectivity index is 2.75. The number of hydrogen-bond donors (Lipinski definition) is 1. The molecule has 0 saturated heterocycles. The smallest absolute Gasteiger partial charge is 0.152 e. The van der Waals surface area contributed by atoms with Crippen LogP contribution in [0, 0.1) is 6.92 Å². The van der Waals surface area contributed by atoms with Crippen molar-refractivity contribution < 1.29 is 4.74 Å². The molecular weight excluding hydrogens is 265 g/mol. The van der Waals surface area contributed by atoms with Crippen LogP contribution in [-0.2, 0) is 0 Å². The van der Waals surface area contributed by atoms with Gasteiger partial charge in [0, 0.05) is 6.54 Å². The number of halogens is 2. The van der Waals surface area contributed by atoms with Crippen molar-refractivity contribution in [3.8, 4) is 5.75 Å². The van der Waals surface area contributed by atoms with Gasteiger partial charge in [-0.1, -0.05) is 11.6 Å². The SMILES string of the molecule is CNCCOc1c(Cl)cc(C)cc1Br. The van der Waals surface area contributed by atoms with Crippen LogP contribution in [0.2, 0.25) is 5.02 Å². The Hall–Kier alpha value is -0.250. The molecule has 0 saturated carbocycles. The molecule has 0 atom stereocenters. The molecule has 78 valence electrons. The van der Waals surface area contributed by atoms with Crippen LogP contribution >= 0.6 is 27.5 Å². The maximum atomic E-state index is 6.04. The van der Waals surface area contributed by atoms with Gasteiger partial charge in [-0.25, -0.2) is 0 Å². The summed E-state index contributed by atoms with van der Waals surface area (Å²) in [6.07, 6.45) is 0. The van der Waals surface area contributed by atoms with Crippen LogP contribution in [0.3, 0.4) is 0 Å². The highest BCUT2D eigenvalue weighted by Crippen LogP contribution is 2.34. The van der Waals surface area contributed by atoms with E-state index < -0.39 is 0 Å².